The second-order valence-corrected chi connectivity index (χ2v) is 5.66. The van der Waals surface area contributed by atoms with Gasteiger partial charge in [0.25, 0.3) is 0 Å². The zero-order valence-electron chi connectivity index (χ0n) is 10.6. The van der Waals surface area contributed by atoms with E-state index in [2.05, 4.69) is 15.9 Å². The number of ether oxygens (including phenoxy) is 1. The molecule has 0 aliphatic heterocycles. The lowest BCUT2D eigenvalue weighted by Crippen LogP contribution is -2.33. The third-order valence-corrected chi connectivity index (χ3v) is 4.86. The highest BCUT2D eigenvalue weighted by Crippen LogP contribution is 2.47. The van der Waals surface area contributed by atoms with Crippen LogP contribution in [0.1, 0.15) is 36.8 Å². The van der Waals surface area contributed by atoms with Gasteiger partial charge in [0.1, 0.15) is 5.75 Å². The Morgan fingerprint density at radius 1 is 1.39 bits per heavy atom. The standard InChI is InChI=1S/C14H17BrO3/c1-9-5-6-10(12(18-2)11(9)15)14(13(16)17)7-3-4-8-14/h5-6H,3-4,7-8H2,1-2H3,(H,16,17). The van der Waals surface area contributed by atoms with Gasteiger partial charge in [0, 0.05) is 5.56 Å². The molecule has 1 aliphatic carbocycles. The summed E-state index contributed by atoms with van der Waals surface area (Å²) in [5.41, 5.74) is 1.07. The summed E-state index contributed by atoms with van der Waals surface area (Å²) < 4.78 is 6.29. The maximum absolute atomic E-state index is 11.7. The van der Waals surface area contributed by atoms with Crippen molar-refractivity contribution in [3.63, 3.8) is 0 Å². The molecule has 0 atom stereocenters. The van der Waals surface area contributed by atoms with Crippen molar-refractivity contribution in [2.24, 2.45) is 0 Å². The van der Waals surface area contributed by atoms with Crippen LogP contribution >= 0.6 is 15.9 Å². The monoisotopic (exact) mass is 312 g/mol. The fourth-order valence-electron chi connectivity index (χ4n) is 2.81. The van der Waals surface area contributed by atoms with E-state index in [1.807, 2.05) is 19.1 Å². The van der Waals surface area contributed by atoms with Crippen LogP contribution in [0.25, 0.3) is 0 Å². The Kier molecular flexibility index (Phi) is 3.66. The molecule has 0 saturated heterocycles. The van der Waals surface area contributed by atoms with Crippen molar-refractivity contribution in [1.82, 2.24) is 0 Å². The van der Waals surface area contributed by atoms with Crippen molar-refractivity contribution in [2.75, 3.05) is 7.11 Å². The van der Waals surface area contributed by atoms with E-state index in [1.54, 1.807) is 7.11 Å². The zero-order valence-corrected chi connectivity index (χ0v) is 12.2. The summed E-state index contributed by atoms with van der Waals surface area (Å²) in [5, 5.41) is 9.63. The number of rotatable bonds is 3. The first kappa shape index (κ1) is 13.4. The maximum Gasteiger partial charge on any atom is 0.314 e. The third-order valence-electron chi connectivity index (χ3n) is 3.88. The van der Waals surface area contributed by atoms with Crippen molar-refractivity contribution in [1.29, 1.82) is 0 Å². The van der Waals surface area contributed by atoms with E-state index in [1.165, 1.54) is 0 Å². The Bertz CT molecular complexity index is 476. The van der Waals surface area contributed by atoms with Crippen LogP contribution in [0.15, 0.2) is 16.6 Å². The lowest BCUT2D eigenvalue weighted by molar-refractivity contribution is -0.143. The van der Waals surface area contributed by atoms with Crippen LogP contribution in [0.2, 0.25) is 0 Å². The molecule has 0 bridgehead atoms. The fourth-order valence-corrected chi connectivity index (χ4v) is 3.32. The molecule has 0 radical (unpaired) electrons. The molecule has 98 valence electrons. The molecule has 0 amide bonds. The topological polar surface area (TPSA) is 46.5 Å². The predicted molar refractivity (Wildman–Crippen MR) is 73.2 cm³/mol. The summed E-state index contributed by atoms with van der Waals surface area (Å²) in [7, 11) is 1.59. The number of carboxylic acid groups (broad SMARTS) is 1. The Labute approximate surface area is 115 Å². The molecule has 1 fully saturated rings. The SMILES string of the molecule is COc1c(C2(C(=O)O)CCCC2)ccc(C)c1Br. The van der Waals surface area contributed by atoms with Gasteiger partial charge in [0.2, 0.25) is 0 Å². The van der Waals surface area contributed by atoms with E-state index in [0.717, 1.165) is 28.4 Å². The first-order valence-corrected chi connectivity index (χ1v) is 6.89. The van der Waals surface area contributed by atoms with Crippen LogP contribution in [0, 0.1) is 6.92 Å². The predicted octanol–water partition coefficient (Wildman–Crippen LogP) is 3.66. The molecule has 4 heteroatoms. The van der Waals surface area contributed by atoms with Gasteiger partial charge in [0.15, 0.2) is 0 Å². The summed E-state index contributed by atoms with van der Waals surface area (Å²) in [4.78, 5) is 11.7. The first-order valence-electron chi connectivity index (χ1n) is 6.10. The van der Waals surface area contributed by atoms with E-state index >= 15 is 0 Å². The van der Waals surface area contributed by atoms with Crippen LogP contribution in [-0.4, -0.2) is 18.2 Å². The Hall–Kier alpha value is -1.03. The van der Waals surface area contributed by atoms with Crippen LogP contribution in [0.4, 0.5) is 0 Å². The molecule has 0 aromatic heterocycles. The summed E-state index contributed by atoms with van der Waals surface area (Å²) in [6.07, 6.45) is 3.30. The van der Waals surface area contributed by atoms with Gasteiger partial charge in [0.05, 0.1) is 17.0 Å². The fraction of sp³-hybridized carbons (Fsp3) is 0.500. The molecule has 2 rings (SSSR count). The van der Waals surface area contributed by atoms with E-state index in [-0.39, 0.29) is 0 Å². The molecule has 18 heavy (non-hydrogen) atoms. The Morgan fingerprint density at radius 2 is 2.00 bits per heavy atom. The average Bonchev–Trinajstić information content (AvgIpc) is 2.82. The number of aliphatic carboxylic acids is 1. The zero-order chi connectivity index (χ0) is 13.3. The lowest BCUT2D eigenvalue weighted by Gasteiger charge is -2.27. The normalized spacial score (nSPS) is 17.7. The van der Waals surface area contributed by atoms with Crippen LogP contribution in [0.3, 0.4) is 0 Å². The van der Waals surface area contributed by atoms with Crippen molar-refractivity contribution in [3.05, 3.63) is 27.7 Å². The number of benzene rings is 1. The molecule has 0 heterocycles. The average molecular weight is 313 g/mol. The van der Waals surface area contributed by atoms with E-state index in [9.17, 15) is 9.90 Å². The van der Waals surface area contributed by atoms with Gasteiger partial charge >= 0.3 is 5.97 Å². The lowest BCUT2D eigenvalue weighted by atomic mass is 9.78. The second-order valence-electron chi connectivity index (χ2n) is 4.87. The largest absolute Gasteiger partial charge is 0.495 e. The van der Waals surface area contributed by atoms with Crippen molar-refractivity contribution >= 4 is 21.9 Å². The molecule has 1 aromatic rings. The molecule has 1 aromatic carbocycles. The highest BCUT2D eigenvalue weighted by molar-refractivity contribution is 9.10. The summed E-state index contributed by atoms with van der Waals surface area (Å²) in [5.74, 6) is -0.0756. The minimum Gasteiger partial charge on any atom is -0.495 e. The Balaban J connectivity index is 2.62. The molecule has 3 nitrogen and oxygen atoms in total. The third kappa shape index (κ3) is 1.92. The van der Waals surface area contributed by atoms with Crippen LogP contribution in [-0.2, 0) is 10.2 Å². The quantitative estimate of drug-likeness (QED) is 0.926. The number of carbonyl (C=O) groups is 1. The molecule has 1 aliphatic rings. The number of hydrogen-bond acceptors (Lipinski definition) is 2. The molecular formula is C14H17BrO3. The molecular weight excluding hydrogens is 296 g/mol. The van der Waals surface area contributed by atoms with E-state index < -0.39 is 11.4 Å². The molecule has 1 saturated carbocycles. The smallest absolute Gasteiger partial charge is 0.314 e. The summed E-state index contributed by atoms with van der Waals surface area (Å²) in [6, 6.07) is 3.85. The number of hydrogen-bond donors (Lipinski definition) is 1. The van der Waals surface area contributed by atoms with Gasteiger partial charge in [-0.25, -0.2) is 0 Å². The number of halogens is 1. The summed E-state index contributed by atoms with van der Waals surface area (Å²) in [6.45, 7) is 1.97. The summed E-state index contributed by atoms with van der Waals surface area (Å²) >= 11 is 3.49. The van der Waals surface area contributed by atoms with E-state index in [0.29, 0.717) is 18.6 Å². The van der Waals surface area contributed by atoms with Gasteiger partial charge < -0.3 is 9.84 Å². The second kappa shape index (κ2) is 4.92. The number of methoxy groups -OCH3 is 1. The van der Waals surface area contributed by atoms with Gasteiger partial charge in [-0.2, -0.15) is 0 Å². The van der Waals surface area contributed by atoms with Gasteiger partial charge in [-0.15, -0.1) is 0 Å². The highest BCUT2D eigenvalue weighted by atomic mass is 79.9. The number of carboxylic acids is 1. The minimum atomic E-state index is -0.776. The number of aryl methyl sites for hydroxylation is 1. The van der Waals surface area contributed by atoms with Crippen LogP contribution in [0.5, 0.6) is 5.75 Å². The van der Waals surface area contributed by atoms with Crippen molar-refractivity contribution in [3.8, 4) is 5.75 Å². The van der Waals surface area contributed by atoms with E-state index in [4.69, 9.17) is 4.74 Å². The maximum atomic E-state index is 11.7. The minimum absolute atomic E-state index is 0.666. The van der Waals surface area contributed by atoms with Gasteiger partial charge in [-0.1, -0.05) is 25.0 Å². The highest BCUT2D eigenvalue weighted by Gasteiger charge is 2.45. The van der Waals surface area contributed by atoms with Crippen molar-refractivity contribution in [2.45, 2.75) is 38.0 Å². The van der Waals surface area contributed by atoms with Gasteiger partial charge in [-0.3, -0.25) is 4.79 Å². The van der Waals surface area contributed by atoms with Gasteiger partial charge in [-0.05, 0) is 41.3 Å². The Morgan fingerprint density at radius 3 is 2.50 bits per heavy atom. The van der Waals surface area contributed by atoms with Crippen molar-refractivity contribution < 1.29 is 14.6 Å². The first-order chi connectivity index (χ1) is 8.53. The van der Waals surface area contributed by atoms with Crippen LogP contribution < -0.4 is 4.74 Å². The molecule has 0 spiro atoms. The molecule has 0 unspecified atom stereocenters. The molecule has 1 N–H and O–H groups in total.